The van der Waals surface area contributed by atoms with Crippen molar-refractivity contribution in [1.82, 2.24) is 10.2 Å². The average molecular weight is 454 g/mol. The summed E-state index contributed by atoms with van der Waals surface area (Å²) in [5, 5.41) is 23.3. The number of likely N-dealkylation sites (tertiary alicyclic amines) is 1. The lowest BCUT2D eigenvalue weighted by molar-refractivity contribution is -0.134. The normalized spacial score (nSPS) is 15.9. The number of aromatic hydroxyl groups is 1. The number of aliphatic hydroxyl groups is 1. The van der Waals surface area contributed by atoms with Crippen LogP contribution in [0.4, 0.5) is 0 Å². The van der Waals surface area contributed by atoms with E-state index < -0.39 is 6.10 Å². The molecule has 2 amide bonds. The number of nitrogens with zero attached hydrogens (tertiary/aromatic N) is 1. The zero-order chi connectivity index (χ0) is 24.0. The van der Waals surface area contributed by atoms with Crippen molar-refractivity contribution >= 4 is 11.8 Å². The van der Waals surface area contributed by atoms with Gasteiger partial charge >= 0.3 is 0 Å². The van der Waals surface area contributed by atoms with Crippen molar-refractivity contribution in [2.24, 2.45) is 11.7 Å². The lowest BCUT2D eigenvalue weighted by atomic mass is 9.92. The van der Waals surface area contributed by atoms with Crippen LogP contribution in [0, 0.1) is 5.92 Å². The summed E-state index contributed by atoms with van der Waals surface area (Å²) in [4.78, 5) is 25.9. The van der Waals surface area contributed by atoms with E-state index in [-0.39, 0.29) is 29.0 Å². The largest absolute Gasteiger partial charge is 0.508 e. The average Bonchev–Trinajstić information content (AvgIpc) is 2.78. The smallest absolute Gasteiger partial charge is 0.226 e. The molecule has 0 bridgehead atoms. The van der Waals surface area contributed by atoms with E-state index in [1.54, 1.807) is 24.3 Å². The molecule has 3 rings (SSSR count). The van der Waals surface area contributed by atoms with Gasteiger partial charge < -0.3 is 26.2 Å². The highest BCUT2D eigenvalue weighted by molar-refractivity contribution is 5.80. The number of amides is 2. The number of hydrogen-bond acceptors (Lipinski definition) is 5. The second-order valence-electron chi connectivity index (χ2n) is 9.60. The Morgan fingerprint density at radius 1 is 1.12 bits per heavy atom. The Hall–Kier alpha value is -2.90. The van der Waals surface area contributed by atoms with Crippen LogP contribution in [0.25, 0.3) is 0 Å². The first-order valence-electron chi connectivity index (χ1n) is 11.5. The molecule has 5 N–H and O–H groups in total. The number of carbonyl (C=O) groups is 2. The van der Waals surface area contributed by atoms with Crippen molar-refractivity contribution in [2.75, 3.05) is 19.6 Å². The van der Waals surface area contributed by atoms with Crippen molar-refractivity contribution in [3.63, 3.8) is 0 Å². The number of nitrogens with two attached hydrogens (primary N) is 1. The van der Waals surface area contributed by atoms with Crippen LogP contribution in [-0.4, -0.2) is 52.1 Å². The number of β-amino-alcohol motifs (C(OH)–C–C–N with tert-alkyl or cyclic N) is 1. The molecular formula is C26H35N3O4. The van der Waals surface area contributed by atoms with Gasteiger partial charge in [0, 0.05) is 31.1 Å². The van der Waals surface area contributed by atoms with Gasteiger partial charge in [-0.25, -0.2) is 0 Å². The Bertz CT molecular complexity index is 950. The summed E-state index contributed by atoms with van der Waals surface area (Å²) < 4.78 is 0. The highest BCUT2D eigenvalue weighted by Gasteiger charge is 2.26. The van der Waals surface area contributed by atoms with Crippen molar-refractivity contribution in [3.05, 3.63) is 65.2 Å². The van der Waals surface area contributed by atoms with Gasteiger partial charge in [0.15, 0.2) is 0 Å². The lowest BCUT2D eigenvalue weighted by Gasteiger charge is -2.31. The Kier molecular flexibility index (Phi) is 8.10. The number of aliphatic hydroxyl groups excluding tert-OH is 1. The maximum Gasteiger partial charge on any atom is 0.226 e. The SMILES string of the molecule is CC(C)(Cc1cccc(CC(=O)N2CCC(C(N)=O)CC2)c1)NCC(O)c1ccc(O)cc1. The van der Waals surface area contributed by atoms with E-state index in [9.17, 15) is 19.8 Å². The van der Waals surface area contributed by atoms with Crippen LogP contribution < -0.4 is 11.1 Å². The van der Waals surface area contributed by atoms with Crippen molar-refractivity contribution in [3.8, 4) is 5.75 Å². The number of phenolic OH excluding ortho intramolecular Hbond substituents is 1. The molecule has 0 aromatic heterocycles. The fourth-order valence-corrected chi connectivity index (χ4v) is 4.31. The monoisotopic (exact) mass is 453 g/mol. The van der Waals surface area contributed by atoms with Gasteiger partial charge in [-0.05, 0) is 61.9 Å². The fraction of sp³-hybridized carbons (Fsp3) is 0.462. The Morgan fingerprint density at radius 3 is 2.39 bits per heavy atom. The molecule has 2 aromatic rings. The molecule has 7 heteroatoms. The third-order valence-corrected chi connectivity index (χ3v) is 6.29. The number of nitrogens with one attached hydrogen (secondary N) is 1. The molecule has 1 aliphatic rings. The molecule has 0 aliphatic carbocycles. The van der Waals surface area contributed by atoms with E-state index >= 15 is 0 Å². The first-order valence-corrected chi connectivity index (χ1v) is 11.5. The molecule has 1 atom stereocenters. The molecule has 0 spiro atoms. The summed E-state index contributed by atoms with van der Waals surface area (Å²) in [6.45, 7) is 5.70. The highest BCUT2D eigenvalue weighted by Crippen LogP contribution is 2.20. The minimum absolute atomic E-state index is 0.0736. The van der Waals surface area contributed by atoms with E-state index in [0.717, 1.165) is 23.1 Å². The van der Waals surface area contributed by atoms with Gasteiger partial charge in [-0.3, -0.25) is 9.59 Å². The summed E-state index contributed by atoms with van der Waals surface area (Å²) in [6.07, 6.45) is 1.67. The molecule has 33 heavy (non-hydrogen) atoms. The molecule has 1 fully saturated rings. The molecule has 7 nitrogen and oxygen atoms in total. The van der Waals surface area contributed by atoms with Gasteiger partial charge in [0.05, 0.1) is 12.5 Å². The number of primary amides is 1. The van der Waals surface area contributed by atoms with Gasteiger partial charge in [0.1, 0.15) is 5.75 Å². The third-order valence-electron chi connectivity index (χ3n) is 6.29. The van der Waals surface area contributed by atoms with E-state index in [1.807, 2.05) is 23.1 Å². The number of hydrogen-bond donors (Lipinski definition) is 4. The molecule has 0 saturated carbocycles. The van der Waals surface area contributed by atoms with Crippen LogP contribution in [0.3, 0.4) is 0 Å². The van der Waals surface area contributed by atoms with E-state index in [0.29, 0.717) is 38.9 Å². The topological polar surface area (TPSA) is 116 Å². The molecule has 1 saturated heterocycles. The predicted molar refractivity (Wildman–Crippen MR) is 127 cm³/mol. The predicted octanol–water partition coefficient (Wildman–Crippen LogP) is 2.30. The minimum Gasteiger partial charge on any atom is -0.508 e. The fourth-order valence-electron chi connectivity index (χ4n) is 4.31. The summed E-state index contributed by atoms with van der Waals surface area (Å²) >= 11 is 0. The zero-order valence-corrected chi connectivity index (χ0v) is 19.5. The van der Waals surface area contributed by atoms with Crippen molar-refractivity contribution in [2.45, 2.75) is 51.2 Å². The maximum atomic E-state index is 12.7. The van der Waals surface area contributed by atoms with Gasteiger partial charge in [0.2, 0.25) is 11.8 Å². The number of phenols is 1. The summed E-state index contributed by atoms with van der Waals surface area (Å²) in [7, 11) is 0. The van der Waals surface area contributed by atoms with Crippen LogP contribution in [-0.2, 0) is 22.4 Å². The standard InChI is InChI=1S/C26H35N3O4/c1-26(2,28-17-23(31)20-6-8-22(30)9-7-20)16-19-5-3-4-18(14-19)15-24(32)29-12-10-21(11-13-29)25(27)33/h3-9,14,21,23,28,30-31H,10-13,15-17H2,1-2H3,(H2,27,33). The number of carbonyl (C=O) groups excluding carboxylic acids is 2. The van der Waals surface area contributed by atoms with Crippen LogP contribution in [0.5, 0.6) is 5.75 Å². The van der Waals surface area contributed by atoms with E-state index in [4.69, 9.17) is 5.73 Å². The summed E-state index contributed by atoms with van der Waals surface area (Å²) in [6, 6.07) is 14.6. The molecular weight excluding hydrogens is 418 g/mol. The molecule has 1 unspecified atom stereocenters. The van der Waals surface area contributed by atoms with Crippen LogP contribution in [0.1, 0.15) is 49.5 Å². The van der Waals surface area contributed by atoms with Gasteiger partial charge in [0.25, 0.3) is 0 Å². The number of rotatable bonds is 9. The number of benzene rings is 2. The maximum absolute atomic E-state index is 12.7. The summed E-state index contributed by atoms with van der Waals surface area (Å²) in [5.74, 6) is -0.154. The lowest BCUT2D eigenvalue weighted by Crippen LogP contribution is -2.43. The Morgan fingerprint density at radius 2 is 1.76 bits per heavy atom. The third kappa shape index (κ3) is 7.30. The van der Waals surface area contributed by atoms with Gasteiger partial charge in [-0.1, -0.05) is 36.4 Å². The van der Waals surface area contributed by atoms with Gasteiger partial charge in [-0.15, -0.1) is 0 Å². The second-order valence-corrected chi connectivity index (χ2v) is 9.60. The van der Waals surface area contributed by atoms with Crippen LogP contribution >= 0.6 is 0 Å². The quantitative estimate of drug-likeness (QED) is 0.465. The van der Waals surface area contributed by atoms with Crippen molar-refractivity contribution < 1.29 is 19.8 Å². The van der Waals surface area contributed by atoms with Crippen LogP contribution in [0.2, 0.25) is 0 Å². The molecule has 1 aliphatic heterocycles. The molecule has 1 heterocycles. The Labute approximate surface area is 195 Å². The summed E-state index contributed by atoms with van der Waals surface area (Å²) in [5.41, 5.74) is 7.94. The van der Waals surface area contributed by atoms with Crippen molar-refractivity contribution in [1.29, 1.82) is 0 Å². The first kappa shape index (κ1) is 24.7. The van der Waals surface area contributed by atoms with Gasteiger partial charge in [-0.2, -0.15) is 0 Å². The Balaban J connectivity index is 1.52. The van der Waals surface area contributed by atoms with E-state index in [2.05, 4.69) is 25.2 Å². The first-order chi connectivity index (χ1) is 15.6. The minimum atomic E-state index is -0.674. The molecule has 2 aromatic carbocycles. The van der Waals surface area contributed by atoms with Crippen LogP contribution in [0.15, 0.2) is 48.5 Å². The molecule has 0 radical (unpaired) electrons. The highest BCUT2D eigenvalue weighted by atomic mass is 16.3. The zero-order valence-electron chi connectivity index (χ0n) is 19.5. The molecule has 178 valence electrons. The second kappa shape index (κ2) is 10.8. The number of piperidine rings is 1. The van der Waals surface area contributed by atoms with E-state index in [1.165, 1.54) is 0 Å².